The van der Waals surface area contributed by atoms with Gasteiger partial charge in [0.25, 0.3) is 6.43 Å². The fourth-order valence-corrected chi connectivity index (χ4v) is 2.35. The molecule has 1 aromatic heterocycles. The van der Waals surface area contributed by atoms with Crippen molar-refractivity contribution in [3.05, 3.63) is 25.5 Å². The Morgan fingerprint density at radius 3 is 2.69 bits per heavy atom. The lowest BCUT2D eigenvalue weighted by Gasteiger charge is -2.05. The van der Waals surface area contributed by atoms with E-state index >= 15 is 0 Å². The summed E-state index contributed by atoms with van der Waals surface area (Å²) in [6.45, 7) is 0. The summed E-state index contributed by atoms with van der Waals surface area (Å²) in [4.78, 5) is 3.69. The Morgan fingerprint density at radius 2 is 2.23 bits per heavy atom. The van der Waals surface area contributed by atoms with Crippen molar-refractivity contribution < 1.29 is 8.78 Å². The molecule has 0 atom stereocenters. The average Bonchev–Trinajstić information content (AvgIpc) is 2.04. The predicted octanol–water partition coefficient (Wildman–Crippen LogP) is 3.26. The average molecular weight is 359 g/mol. The Balaban J connectivity index is 3.41. The second kappa shape index (κ2) is 4.28. The number of nitrogens with zero attached hydrogens (tertiary/aromatic N) is 2. The summed E-state index contributed by atoms with van der Waals surface area (Å²) in [7, 11) is 0. The monoisotopic (exact) mass is 358 g/mol. The van der Waals surface area contributed by atoms with Crippen LogP contribution in [0.3, 0.4) is 0 Å². The molecule has 0 radical (unpaired) electrons. The summed E-state index contributed by atoms with van der Waals surface area (Å²) >= 11 is 4.68. The minimum Gasteiger partial charge on any atom is -0.243 e. The van der Waals surface area contributed by atoms with E-state index < -0.39 is 6.43 Å². The molecule has 0 spiro atoms. The molecule has 13 heavy (non-hydrogen) atoms. The number of aromatic nitrogens is 1. The van der Waals surface area contributed by atoms with Crippen molar-refractivity contribution in [2.24, 2.45) is 0 Å². The Hall–Kier alpha value is -0.290. The molecule has 2 nitrogen and oxygen atoms in total. The molecule has 0 aromatic carbocycles. The lowest BCUT2D eigenvalue weighted by atomic mass is 10.2. The van der Waals surface area contributed by atoms with Gasteiger partial charge < -0.3 is 0 Å². The fourth-order valence-electron chi connectivity index (χ4n) is 0.758. The van der Waals surface area contributed by atoms with Crippen molar-refractivity contribution in [3.8, 4) is 6.07 Å². The van der Waals surface area contributed by atoms with Gasteiger partial charge in [-0.05, 0) is 38.5 Å². The third-order valence-electron chi connectivity index (χ3n) is 1.33. The van der Waals surface area contributed by atoms with Crippen molar-refractivity contribution in [1.29, 1.82) is 5.26 Å². The van der Waals surface area contributed by atoms with Crippen molar-refractivity contribution in [2.75, 3.05) is 0 Å². The molecule has 1 rings (SSSR count). The van der Waals surface area contributed by atoms with Gasteiger partial charge in [0.1, 0.15) is 6.07 Å². The lowest BCUT2D eigenvalue weighted by molar-refractivity contribution is 0.149. The van der Waals surface area contributed by atoms with Crippen LogP contribution in [0.2, 0.25) is 0 Å². The third-order valence-corrected chi connectivity index (χ3v) is 3.00. The first-order valence-electron chi connectivity index (χ1n) is 3.10. The highest BCUT2D eigenvalue weighted by molar-refractivity contribution is 14.1. The molecule has 0 aliphatic carbocycles. The minimum absolute atomic E-state index is 0.0179. The molecule has 68 valence electrons. The molecule has 0 fully saturated rings. The molecule has 1 heterocycles. The molecule has 0 aliphatic heterocycles. The van der Waals surface area contributed by atoms with Gasteiger partial charge in [0.15, 0.2) is 5.69 Å². The summed E-state index contributed by atoms with van der Waals surface area (Å²) in [5, 5.41) is 8.53. The summed E-state index contributed by atoms with van der Waals surface area (Å²) in [6, 6.07) is 1.72. The van der Waals surface area contributed by atoms with Gasteiger partial charge in [-0.3, -0.25) is 0 Å². The van der Waals surface area contributed by atoms with Crippen LogP contribution < -0.4 is 0 Å². The van der Waals surface area contributed by atoms with Crippen LogP contribution in [0.1, 0.15) is 17.7 Å². The minimum atomic E-state index is -2.60. The van der Waals surface area contributed by atoms with Crippen molar-refractivity contribution in [3.63, 3.8) is 0 Å². The van der Waals surface area contributed by atoms with Crippen LogP contribution in [-0.2, 0) is 0 Å². The number of hydrogen-bond donors (Lipinski definition) is 0. The smallest absolute Gasteiger partial charge is 0.243 e. The molecule has 0 bridgehead atoms. The maximum atomic E-state index is 12.4. The van der Waals surface area contributed by atoms with Gasteiger partial charge in [-0.25, -0.2) is 13.8 Å². The normalized spacial score (nSPS) is 10.2. The van der Waals surface area contributed by atoms with Crippen LogP contribution in [0.25, 0.3) is 0 Å². The molecule has 0 unspecified atom stereocenters. The van der Waals surface area contributed by atoms with Crippen molar-refractivity contribution >= 4 is 38.5 Å². The zero-order valence-electron chi connectivity index (χ0n) is 6.06. The standard InChI is InChI=1S/C7H2BrF2IN2/c8-6-4(1-12)13-2-3(11)5(6)7(9)10/h2,7H. The largest absolute Gasteiger partial charge is 0.266 e. The van der Waals surface area contributed by atoms with Crippen molar-refractivity contribution in [1.82, 2.24) is 4.98 Å². The maximum absolute atomic E-state index is 12.4. The van der Waals surface area contributed by atoms with Crippen LogP contribution in [-0.4, -0.2) is 4.98 Å². The Bertz CT molecular complexity index is 375. The number of rotatable bonds is 1. The van der Waals surface area contributed by atoms with E-state index in [2.05, 4.69) is 20.9 Å². The molecule has 0 amide bonds. The van der Waals surface area contributed by atoms with Crippen LogP contribution in [0.5, 0.6) is 0 Å². The van der Waals surface area contributed by atoms with E-state index in [1.807, 2.05) is 0 Å². The van der Waals surface area contributed by atoms with Gasteiger partial charge in [-0.2, -0.15) is 5.26 Å². The number of alkyl halides is 2. The highest BCUT2D eigenvalue weighted by Crippen LogP contribution is 2.32. The van der Waals surface area contributed by atoms with Crippen LogP contribution in [0.4, 0.5) is 8.78 Å². The maximum Gasteiger partial charge on any atom is 0.266 e. The number of pyridine rings is 1. The SMILES string of the molecule is N#Cc1ncc(I)c(C(F)F)c1Br. The Kier molecular flexibility index (Phi) is 3.55. The van der Waals surface area contributed by atoms with E-state index in [1.54, 1.807) is 28.7 Å². The second-order valence-corrected chi connectivity index (χ2v) is 4.05. The van der Waals surface area contributed by atoms with Gasteiger partial charge in [-0.1, -0.05) is 0 Å². The van der Waals surface area contributed by atoms with E-state index in [0.717, 1.165) is 0 Å². The number of nitriles is 1. The summed E-state index contributed by atoms with van der Waals surface area (Å²) in [5.41, 5.74) is -0.192. The lowest BCUT2D eigenvalue weighted by Crippen LogP contribution is -1.96. The second-order valence-electron chi connectivity index (χ2n) is 2.09. The van der Waals surface area contributed by atoms with Gasteiger partial charge in [0.05, 0.1) is 4.47 Å². The fraction of sp³-hybridized carbons (Fsp3) is 0.143. The summed E-state index contributed by atoms with van der Waals surface area (Å²) in [6.07, 6.45) is -1.35. The van der Waals surface area contributed by atoms with E-state index in [9.17, 15) is 8.78 Å². The molecule has 0 N–H and O–H groups in total. The van der Waals surface area contributed by atoms with Crippen LogP contribution in [0.15, 0.2) is 10.7 Å². The molecular weight excluding hydrogens is 357 g/mol. The third kappa shape index (κ3) is 2.14. The van der Waals surface area contributed by atoms with E-state index in [0.29, 0.717) is 3.57 Å². The molecule has 0 aliphatic rings. The predicted molar refractivity (Wildman–Crippen MR) is 54.3 cm³/mol. The number of halogens is 4. The molecule has 0 saturated heterocycles. The topological polar surface area (TPSA) is 36.7 Å². The molecule has 1 aromatic rings. The van der Waals surface area contributed by atoms with Gasteiger partial charge in [0, 0.05) is 15.3 Å². The first-order valence-corrected chi connectivity index (χ1v) is 4.97. The van der Waals surface area contributed by atoms with E-state index in [1.165, 1.54) is 6.20 Å². The van der Waals surface area contributed by atoms with Crippen LogP contribution >= 0.6 is 38.5 Å². The van der Waals surface area contributed by atoms with Crippen LogP contribution in [0, 0.1) is 14.9 Å². The summed E-state index contributed by atoms with van der Waals surface area (Å²) < 4.78 is 25.3. The molecule has 6 heteroatoms. The zero-order valence-corrected chi connectivity index (χ0v) is 9.80. The Morgan fingerprint density at radius 1 is 1.62 bits per heavy atom. The molecule has 0 saturated carbocycles. The first-order chi connectivity index (χ1) is 6.07. The highest BCUT2D eigenvalue weighted by atomic mass is 127. The highest BCUT2D eigenvalue weighted by Gasteiger charge is 2.18. The Labute approximate surface area is 95.2 Å². The molecular formula is C7H2BrF2IN2. The number of hydrogen-bond acceptors (Lipinski definition) is 2. The van der Waals surface area contributed by atoms with E-state index in [4.69, 9.17) is 5.26 Å². The van der Waals surface area contributed by atoms with Gasteiger partial charge >= 0.3 is 0 Å². The van der Waals surface area contributed by atoms with Gasteiger partial charge in [0.2, 0.25) is 0 Å². The first kappa shape index (κ1) is 10.8. The zero-order chi connectivity index (χ0) is 10.0. The van der Waals surface area contributed by atoms with Crippen molar-refractivity contribution in [2.45, 2.75) is 6.43 Å². The quantitative estimate of drug-likeness (QED) is 0.722. The summed E-state index contributed by atoms with van der Waals surface area (Å²) in [5.74, 6) is 0. The van der Waals surface area contributed by atoms with E-state index in [-0.39, 0.29) is 15.7 Å². The van der Waals surface area contributed by atoms with Gasteiger partial charge in [-0.15, -0.1) is 0 Å².